The molecule has 0 amide bonds. The zero-order valence-corrected chi connectivity index (χ0v) is 7.18. The van der Waals surface area contributed by atoms with Crippen LogP contribution in [0.15, 0.2) is 0 Å². The smallest absolute Gasteiger partial charge is 0.291 e. The first kappa shape index (κ1) is 9.91. The Hall–Kier alpha value is -1.17. The van der Waals surface area contributed by atoms with Gasteiger partial charge in [-0.1, -0.05) is 0 Å². The van der Waals surface area contributed by atoms with Gasteiger partial charge in [0.1, 0.15) is 5.78 Å². The van der Waals surface area contributed by atoms with Crippen molar-refractivity contribution in [3.05, 3.63) is 10.1 Å². The highest BCUT2D eigenvalue weighted by Crippen LogP contribution is 2.23. The van der Waals surface area contributed by atoms with Crippen molar-refractivity contribution in [1.82, 2.24) is 4.90 Å². The SMILES string of the molecule is O=C1CN2CCC1CC2.O=[N+]([O-])O. The van der Waals surface area contributed by atoms with Crippen LogP contribution in [0.3, 0.4) is 0 Å². The second-order valence-corrected chi connectivity index (χ2v) is 3.25. The Kier molecular flexibility index (Phi) is 3.18. The minimum Gasteiger partial charge on any atom is -0.328 e. The van der Waals surface area contributed by atoms with Crippen LogP contribution in [0, 0.1) is 16.0 Å². The summed E-state index contributed by atoms with van der Waals surface area (Å²) in [6, 6.07) is 0. The van der Waals surface area contributed by atoms with Gasteiger partial charge in [0.15, 0.2) is 0 Å². The lowest BCUT2D eigenvalue weighted by atomic mass is 9.87. The van der Waals surface area contributed by atoms with E-state index in [4.69, 9.17) is 15.3 Å². The summed E-state index contributed by atoms with van der Waals surface area (Å²) in [7, 11) is 0. The highest BCUT2D eigenvalue weighted by Gasteiger charge is 2.31. The summed E-state index contributed by atoms with van der Waals surface area (Å²) < 4.78 is 0. The molecule has 0 saturated carbocycles. The largest absolute Gasteiger partial charge is 0.328 e. The molecule has 74 valence electrons. The van der Waals surface area contributed by atoms with E-state index in [1.807, 2.05) is 0 Å². The van der Waals surface area contributed by atoms with Crippen molar-refractivity contribution in [2.24, 2.45) is 5.92 Å². The van der Waals surface area contributed by atoms with Gasteiger partial charge in [-0.15, -0.1) is 10.1 Å². The molecule has 0 unspecified atom stereocenters. The van der Waals surface area contributed by atoms with Gasteiger partial charge >= 0.3 is 0 Å². The number of carbonyl (C=O) groups is 1. The van der Waals surface area contributed by atoms with E-state index >= 15 is 0 Å². The molecule has 13 heavy (non-hydrogen) atoms. The van der Waals surface area contributed by atoms with Gasteiger partial charge in [-0.25, -0.2) is 0 Å². The Labute approximate surface area is 75.2 Å². The third kappa shape index (κ3) is 2.98. The van der Waals surface area contributed by atoms with E-state index in [0.717, 1.165) is 32.5 Å². The predicted octanol–water partition coefficient (Wildman–Crippen LogP) is -0.0666. The van der Waals surface area contributed by atoms with Crippen molar-refractivity contribution < 1.29 is 15.1 Å². The van der Waals surface area contributed by atoms with E-state index in [2.05, 4.69) is 4.90 Å². The maximum absolute atomic E-state index is 11.0. The molecule has 0 aliphatic carbocycles. The van der Waals surface area contributed by atoms with Crippen LogP contribution in [0.2, 0.25) is 0 Å². The van der Waals surface area contributed by atoms with E-state index in [0.29, 0.717) is 11.7 Å². The quantitative estimate of drug-likeness (QED) is 0.425. The van der Waals surface area contributed by atoms with Crippen molar-refractivity contribution in [3.63, 3.8) is 0 Å². The zero-order valence-electron chi connectivity index (χ0n) is 7.18. The minimum absolute atomic E-state index is 0.440. The zero-order chi connectivity index (χ0) is 9.84. The number of nitrogens with zero attached hydrogens (tertiary/aromatic N) is 2. The molecule has 2 bridgehead atoms. The van der Waals surface area contributed by atoms with Crippen molar-refractivity contribution in [3.8, 4) is 0 Å². The molecule has 1 N–H and O–H groups in total. The lowest BCUT2D eigenvalue weighted by Crippen LogP contribution is -2.47. The monoisotopic (exact) mass is 188 g/mol. The number of carbonyl (C=O) groups excluding carboxylic acids is 1. The third-order valence-electron chi connectivity index (χ3n) is 2.42. The van der Waals surface area contributed by atoms with E-state index in [1.165, 1.54) is 0 Å². The summed E-state index contributed by atoms with van der Waals surface area (Å²) in [4.78, 5) is 21.6. The summed E-state index contributed by atoms with van der Waals surface area (Å²) in [5, 5.41) is 13.6. The first-order valence-corrected chi connectivity index (χ1v) is 4.18. The second kappa shape index (κ2) is 4.18. The maximum Gasteiger partial charge on any atom is 0.291 e. The lowest BCUT2D eigenvalue weighted by Gasteiger charge is -2.37. The number of Topliss-reactive ketones (excluding diaryl/α,β-unsaturated/α-hetero) is 1. The Morgan fingerprint density at radius 2 is 1.92 bits per heavy atom. The summed E-state index contributed by atoms with van der Waals surface area (Å²) >= 11 is 0. The number of hydrogen-bond acceptors (Lipinski definition) is 4. The number of piperidine rings is 3. The van der Waals surface area contributed by atoms with Crippen LogP contribution < -0.4 is 0 Å². The standard InChI is InChI=1S/C7H11NO.HNO3/c9-7-5-8-3-1-6(7)2-4-8;2-1(3)4/h6H,1-5H2;(H,2,3,4). The summed E-state index contributed by atoms with van der Waals surface area (Å²) in [5.41, 5.74) is 0. The fourth-order valence-electron chi connectivity index (χ4n) is 1.76. The molecule has 0 spiro atoms. The van der Waals surface area contributed by atoms with Gasteiger partial charge in [-0.2, -0.15) is 0 Å². The average Bonchev–Trinajstić information content (AvgIpc) is 2.04. The Morgan fingerprint density at radius 1 is 1.46 bits per heavy atom. The van der Waals surface area contributed by atoms with Crippen LogP contribution in [-0.2, 0) is 4.79 Å². The van der Waals surface area contributed by atoms with Gasteiger partial charge in [-0.05, 0) is 25.9 Å². The predicted molar refractivity (Wildman–Crippen MR) is 43.0 cm³/mol. The highest BCUT2D eigenvalue weighted by atomic mass is 16.9. The molecule has 0 aromatic carbocycles. The molecule has 6 heteroatoms. The molecule has 3 saturated heterocycles. The first-order valence-electron chi connectivity index (χ1n) is 4.18. The first-order chi connectivity index (χ1) is 6.09. The fraction of sp³-hybridized carbons (Fsp3) is 0.857. The molecule has 0 radical (unpaired) electrons. The summed E-state index contributed by atoms with van der Waals surface area (Å²) in [6.45, 7) is 3.07. The molecule has 6 nitrogen and oxygen atoms in total. The Balaban J connectivity index is 0.000000184. The molecular formula is C7H12N2O4. The van der Waals surface area contributed by atoms with E-state index in [-0.39, 0.29) is 0 Å². The summed E-state index contributed by atoms with van der Waals surface area (Å²) in [6.07, 6.45) is 2.25. The van der Waals surface area contributed by atoms with Crippen molar-refractivity contribution in [1.29, 1.82) is 0 Å². The van der Waals surface area contributed by atoms with Gasteiger partial charge in [0.2, 0.25) is 0 Å². The van der Waals surface area contributed by atoms with Crippen molar-refractivity contribution in [2.75, 3.05) is 19.6 Å². The molecule has 3 aliphatic rings. The fourth-order valence-corrected chi connectivity index (χ4v) is 1.76. The summed E-state index contributed by atoms with van der Waals surface area (Å²) in [5.74, 6) is 0.919. The molecule has 0 aromatic heterocycles. The van der Waals surface area contributed by atoms with Crippen LogP contribution in [-0.4, -0.2) is 40.6 Å². The number of ketones is 1. The van der Waals surface area contributed by atoms with Gasteiger partial charge in [-0.3, -0.25) is 9.69 Å². The molecule has 0 aromatic rings. The molecule has 0 atom stereocenters. The van der Waals surface area contributed by atoms with Crippen molar-refractivity contribution in [2.45, 2.75) is 12.8 Å². The Morgan fingerprint density at radius 3 is 2.08 bits per heavy atom. The van der Waals surface area contributed by atoms with E-state index in [1.54, 1.807) is 0 Å². The van der Waals surface area contributed by atoms with Crippen LogP contribution in [0.4, 0.5) is 0 Å². The maximum atomic E-state index is 11.0. The highest BCUT2D eigenvalue weighted by molar-refractivity contribution is 5.84. The van der Waals surface area contributed by atoms with Crippen LogP contribution in [0.1, 0.15) is 12.8 Å². The molecule has 3 rings (SSSR count). The molecule has 3 heterocycles. The Bertz CT molecular complexity index is 207. The third-order valence-corrected chi connectivity index (χ3v) is 2.42. The van der Waals surface area contributed by atoms with Gasteiger partial charge < -0.3 is 5.21 Å². The number of rotatable bonds is 0. The van der Waals surface area contributed by atoms with E-state index in [9.17, 15) is 4.79 Å². The lowest BCUT2D eigenvalue weighted by molar-refractivity contribution is -0.742. The van der Waals surface area contributed by atoms with Crippen LogP contribution in [0.5, 0.6) is 0 Å². The van der Waals surface area contributed by atoms with Crippen LogP contribution >= 0.6 is 0 Å². The molecular weight excluding hydrogens is 176 g/mol. The normalized spacial score (nSPS) is 30.6. The molecule has 3 aliphatic heterocycles. The number of fused-ring (bicyclic) bond motifs is 3. The van der Waals surface area contributed by atoms with Gasteiger partial charge in [0.25, 0.3) is 5.09 Å². The van der Waals surface area contributed by atoms with Gasteiger partial charge in [0, 0.05) is 5.92 Å². The van der Waals surface area contributed by atoms with Crippen LogP contribution in [0.25, 0.3) is 0 Å². The molecule has 3 fully saturated rings. The van der Waals surface area contributed by atoms with Gasteiger partial charge in [0.05, 0.1) is 6.54 Å². The number of hydrogen-bond donors (Lipinski definition) is 1. The minimum atomic E-state index is -1.50. The average molecular weight is 188 g/mol. The van der Waals surface area contributed by atoms with Crippen molar-refractivity contribution >= 4 is 5.78 Å². The second-order valence-electron chi connectivity index (χ2n) is 3.25. The topological polar surface area (TPSA) is 83.7 Å². The van der Waals surface area contributed by atoms with E-state index < -0.39 is 5.09 Å².